The second-order valence-electron chi connectivity index (χ2n) is 3.21. The fourth-order valence-electron chi connectivity index (χ4n) is 1.22. The lowest BCUT2D eigenvalue weighted by molar-refractivity contribution is 1.10. The third kappa shape index (κ3) is 2.44. The molecule has 2 aromatic rings. The van der Waals surface area contributed by atoms with Gasteiger partial charge in [-0.2, -0.15) is 0 Å². The molecule has 5 heteroatoms. The first-order valence-electron chi connectivity index (χ1n) is 4.60. The number of anilines is 2. The Hall–Kier alpha value is -1.62. The minimum absolute atomic E-state index is 0.433. The molecule has 0 unspecified atom stereocenters. The van der Waals surface area contributed by atoms with Gasteiger partial charge in [-0.25, -0.2) is 4.98 Å². The first-order valence-corrected chi connectivity index (χ1v) is 5.48. The Labute approximate surface area is 92.2 Å². The normalized spacial score (nSPS) is 10.2. The SMILES string of the molecule is Cc1ccsc1CNc1cncc(N)n1. The number of aromatic nitrogens is 2. The summed E-state index contributed by atoms with van der Waals surface area (Å²) in [6.45, 7) is 2.86. The van der Waals surface area contributed by atoms with E-state index in [1.54, 1.807) is 17.5 Å². The maximum absolute atomic E-state index is 5.53. The molecule has 0 amide bonds. The lowest BCUT2D eigenvalue weighted by atomic mass is 10.3. The second kappa shape index (κ2) is 4.27. The number of aryl methyl sites for hydroxylation is 1. The van der Waals surface area contributed by atoms with Gasteiger partial charge in [0.25, 0.3) is 0 Å². The number of nitrogens with zero attached hydrogens (tertiary/aromatic N) is 2. The average molecular weight is 220 g/mol. The monoisotopic (exact) mass is 220 g/mol. The van der Waals surface area contributed by atoms with Gasteiger partial charge in [-0.3, -0.25) is 4.98 Å². The largest absolute Gasteiger partial charge is 0.382 e. The van der Waals surface area contributed by atoms with Crippen LogP contribution in [0.25, 0.3) is 0 Å². The Balaban J connectivity index is 2.02. The van der Waals surface area contributed by atoms with Gasteiger partial charge in [-0.05, 0) is 23.9 Å². The summed E-state index contributed by atoms with van der Waals surface area (Å²) < 4.78 is 0. The van der Waals surface area contributed by atoms with E-state index in [9.17, 15) is 0 Å². The summed E-state index contributed by atoms with van der Waals surface area (Å²) in [6.07, 6.45) is 3.20. The van der Waals surface area contributed by atoms with Crippen LogP contribution in [-0.4, -0.2) is 9.97 Å². The number of hydrogen-bond donors (Lipinski definition) is 2. The van der Waals surface area contributed by atoms with E-state index >= 15 is 0 Å². The highest BCUT2D eigenvalue weighted by molar-refractivity contribution is 7.10. The van der Waals surface area contributed by atoms with E-state index in [0.717, 1.165) is 6.54 Å². The molecule has 0 aromatic carbocycles. The molecule has 0 radical (unpaired) electrons. The van der Waals surface area contributed by atoms with Gasteiger partial charge >= 0.3 is 0 Å². The van der Waals surface area contributed by atoms with Crippen LogP contribution in [0.4, 0.5) is 11.6 Å². The molecular weight excluding hydrogens is 208 g/mol. The molecule has 0 saturated heterocycles. The summed E-state index contributed by atoms with van der Waals surface area (Å²) in [5.41, 5.74) is 6.82. The van der Waals surface area contributed by atoms with E-state index in [1.807, 2.05) is 0 Å². The summed E-state index contributed by atoms with van der Waals surface area (Å²) in [7, 11) is 0. The Kier molecular flexibility index (Phi) is 2.82. The van der Waals surface area contributed by atoms with Crippen LogP contribution < -0.4 is 11.1 Å². The summed E-state index contributed by atoms with van der Waals surface area (Å²) in [4.78, 5) is 9.38. The zero-order valence-electron chi connectivity index (χ0n) is 8.40. The fourth-order valence-corrected chi connectivity index (χ4v) is 2.07. The van der Waals surface area contributed by atoms with Gasteiger partial charge in [0.15, 0.2) is 0 Å². The predicted octanol–water partition coefficient (Wildman–Crippen LogP) is 2.04. The van der Waals surface area contributed by atoms with Crippen molar-refractivity contribution in [2.75, 3.05) is 11.1 Å². The van der Waals surface area contributed by atoms with E-state index < -0.39 is 0 Å². The molecule has 4 nitrogen and oxygen atoms in total. The van der Waals surface area contributed by atoms with Crippen LogP contribution in [0.2, 0.25) is 0 Å². The minimum atomic E-state index is 0.433. The van der Waals surface area contributed by atoms with Crippen LogP contribution in [-0.2, 0) is 6.54 Å². The van der Waals surface area contributed by atoms with Crippen LogP contribution in [0.1, 0.15) is 10.4 Å². The molecule has 0 spiro atoms. The maximum Gasteiger partial charge on any atom is 0.147 e. The number of rotatable bonds is 3. The van der Waals surface area contributed by atoms with Crippen molar-refractivity contribution >= 4 is 23.0 Å². The van der Waals surface area contributed by atoms with Crippen molar-refractivity contribution in [3.63, 3.8) is 0 Å². The van der Waals surface area contributed by atoms with Gasteiger partial charge in [0, 0.05) is 4.88 Å². The molecular formula is C10H12N4S. The minimum Gasteiger partial charge on any atom is -0.382 e. The van der Waals surface area contributed by atoms with E-state index in [4.69, 9.17) is 5.73 Å². The molecule has 2 rings (SSSR count). The van der Waals surface area contributed by atoms with Crippen molar-refractivity contribution < 1.29 is 0 Å². The quantitative estimate of drug-likeness (QED) is 0.830. The third-order valence-electron chi connectivity index (χ3n) is 2.05. The number of thiophene rings is 1. The van der Waals surface area contributed by atoms with Crippen LogP contribution >= 0.6 is 11.3 Å². The van der Waals surface area contributed by atoms with Crippen molar-refractivity contribution in [1.82, 2.24) is 9.97 Å². The second-order valence-corrected chi connectivity index (χ2v) is 4.21. The summed E-state index contributed by atoms with van der Waals surface area (Å²) in [5.74, 6) is 1.14. The molecule has 2 aromatic heterocycles. The molecule has 0 saturated carbocycles. The summed E-state index contributed by atoms with van der Waals surface area (Å²) in [6, 6.07) is 2.10. The molecule has 0 atom stereocenters. The molecule has 2 heterocycles. The lowest BCUT2D eigenvalue weighted by Crippen LogP contribution is -2.03. The molecule has 3 N–H and O–H groups in total. The van der Waals surface area contributed by atoms with E-state index in [0.29, 0.717) is 11.6 Å². The molecule has 0 bridgehead atoms. The number of nitrogen functional groups attached to an aromatic ring is 1. The van der Waals surface area contributed by atoms with Gasteiger partial charge in [0.1, 0.15) is 11.6 Å². The molecule has 15 heavy (non-hydrogen) atoms. The number of hydrogen-bond acceptors (Lipinski definition) is 5. The summed E-state index contributed by atoms with van der Waals surface area (Å²) >= 11 is 1.73. The van der Waals surface area contributed by atoms with Crippen LogP contribution in [0.5, 0.6) is 0 Å². The Morgan fingerprint density at radius 2 is 2.33 bits per heavy atom. The van der Waals surface area contributed by atoms with Gasteiger partial charge in [-0.1, -0.05) is 0 Å². The Morgan fingerprint density at radius 1 is 1.47 bits per heavy atom. The highest BCUT2D eigenvalue weighted by Crippen LogP contribution is 2.16. The highest BCUT2D eigenvalue weighted by atomic mass is 32.1. The molecule has 0 aliphatic heterocycles. The van der Waals surface area contributed by atoms with Gasteiger partial charge in [0.2, 0.25) is 0 Å². The molecule has 0 fully saturated rings. The molecule has 0 aliphatic rings. The van der Waals surface area contributed by atoms with Crippen molar-refractivity contribution in [2.45, 2.75) is 13.5 Å². The van der Waals surface area contributed by atoms with E-state index in [-0.39, 0.29) is 0 Å². The van der Waals surface area contributed by atoms with E-state index in [1.165, 1.54) is 16.6 Å². The smallest absolute Gasteiger partial charge is 0.147 e. The lowest BCUT2D eigenvalue weighted by Gasteiger charge is -2.04. The van der Waals surface area contributed by atoms with Crippen molar-refractivity contribution in [1.29, 1.82) is 0 Å². The van der Waals surface area contributed by atoms with Crippen molar-refractivity contribution in [2.24, 2.45) is 0 Å². The zero-order valence-corrected chi connectivity index (χ0v) is 9.21. The maximum atomic E-state index is 5.53. The third-order valence-corrected chi connectivity index (χ3v) is 3.07. The van der Waals surface area contributed by atoms with Crippen LogP contribution in [0, 0.1) is 6.92 Å². The highest BCUT2D eigenvalue weighted by Gasteiger charge is 2.00. The van der Waals surface area contributed by atoms with Crippen molar-refractivity contribution in [3.05, 3.63) is 34.3 Å². The number of nitrogens with two attached hydrogens (primary N) is 1. The van der Waals surface area contributed by atoms with Crippen LogP contribution in [0.15, 0.2) is 23.8 Å². The van der Waals surface area contributed by atoms with Crippen molar-refractivity contribution in [3.8, 4) is 0 Å². The van der Waals surface area contributed by atoms with Gasteiger partial charge in [-0.15, -0.1) is 11.3 Å². The van der Waals surface area contributed by atoms with Crippen LogP contribution in [0.3, 0.4) is 0 Å². The summed E-state index contributed by atoms with van der Waals surface area (Å²) in [5, 5.41) is 5.27. The topological polar surface area (TPSA) is 63.8 Å². The number of nitrogens with one attached hydrogen (secondary N) is 1. The first-order chi connectivity index (χ1) is 7.25. The molecule has 0 aliphatic carbocycles. The standard InChI is InChI=1S/C10H12N4S/c1-7-2-3-15-8(7)4-13-10-6-12-5-9(11)14-10/h2-3,5-6H,4H2,1H3,(H3,11,13,14). The Bertz CT molecular complexity index is 452. The van der Waals surface area contributed by atoms with Gasteiger partial charge in [0.05, 0.1) is 18.9 Å². The molecule has 78 valence electrons. The van der Waals surface area contributed by atoms with E-state index in [2.05, 4.69) is 33.7 Å². The first kappa shape index (κ1) is 9.92. The predicted molar refractivity (Wildman–Crippen MR) is 62.8 cm³/mol. The zero-order chi connectivity index (χ0) is 10.7. The average Bonchev–Trinajstić information content (AvgIpc) is 2.61. The van der Waals surface area contributed by atoms with Gasteiger partial charge < -0.3 is 11.1 Å². The Morgan fingerprint density at radius 3 is 3.00 bits per heavy atom. The fraction of sp³-hybridized carbons (Fsp3) is 0.200.